The van der Waals surface area contributed by atoms with Gasteiger partial charge in [-0.05, 0) is 34.5 Å². The lowest BCUT2D eigenvalue weighted by Gasteiger charge is -2.04. The maximum atomic E-state index is 4.40. The number of aryl methyl sites for hydroxylation is 2. The fraction of sp³-hybridized carbons (Fsp3) is 0.462. The van der Waals surface area contributed by atoms with E-state index < -0.39 is 0 Å². The first-order valence-electron chi connectivity index (χ1n) is 6.12. The van der Waals surface area contributed by atoms with Crippen LogP contribution in [-0.2, 0) is 19.5 Å². The van der Waals surface area contributed by atoms with E-state index in [9.17, 15) is 0 Å². The van der Waals surface area contributed by atoms with Crippen LogP contribution in [0, 0.1) is 0 Å². The van der Waals surface area contributed by atoms with Gasteiger partial charge in [0.2, 0.25) is 0 Å². The topological polar surface area (TPSA) is 29.9 Å². The van der Waals surface area contributed by atoms with Crippen LogP contribution in [0.25, 0.3) is 0 Å². The van der Waals surface area contributed by atoms with Gasteiger partial charge in [-0.1, -0.05) is 13.8 Å². The molecule has 1 N–H and O–H groups in total. The van der Waals surface area contributed by atoms with Crippen molar-refractivity contribution in [3.05, 3.63) is 39.0 Å². The molecular weight excluding hydrogens is 310 g/mol. The van der Waals surface area contributed by atoms with Crippen LogP contribution in [0.4, 0.5) is 0 Å². The van der Waals surface area contributed by atoms with Crippen LogP contribution in [0.3, 0.4) is 0 Å². The molecule has 0 aliphatic rings. The van der Waals surface area contributed by atoms with E-state index in [1.54, 1.807) is 11.3 Å². The van der Waals surface area contributed by atoms with Crippen LogP contribution in [0.15, 0.2) is 28.4 Å². The Kier molecular flexibility index (Phi) is 4.97. The van der Waals surface area contributed by atoms with Gasteiger partial charge in [-0.15, -0.1) is 11.3 Å². The molecule has 98 valence electrons. The van der Waals surface area contributed by atoms with Gasteiger partial charge in [0.1, 0.15) is 0 Å². The van der Waals surface area contributed by atoms with Crippen molar-refractivity contribution < 1.29 is 0 Å². The molecule has 0 aliphatic carbocycles. The molecule has 0 bridgehead atoms. The standard InChI is InChI=1S/C13H18BrN3S/c1-10(2)15-7-11-8-17(9-16-11)6-5-12-3-4-13(14)18-12/h3-4,8-10,15H,5-7H2,1-2H3. The predicted molar refractivity (Wildman–Crippen MR) is 79.9 cm³/mol. The van der Waals surface area contributed by atoms with Crippen molar-refractivity contribution in [1.29, 1.82) is 0 Å². The van der Waals surface area contributed by atoms with E-state index >= 15 is 0 Å². The molecule has 0 saturated carbocycles. The van der Waals surface area contributed by atoms with Crippen molar-refractivity contribution >= 4 is 27.3 Å². The molecular formula is C13H18BrN3S. The van der Waals surface area contributed by atoms with Crippen molar-refractivity contribution in [3.63, 3.8) is 0 Å². The predicted octanol–water partition coefficient (Wildman–Crippen LogP) is 3.45. The maximum absolute atomic E-state index is 4.40. The van der Waals surface area contributed by atoms with Gasteiger partial charge in [0.25, 0.3) is 0 Å². The molecule has 0 unspecified atom stereocenters. The van der Waals surface area contributed by atoms with Crippen LogP contribution >= 0.6 is 27.3 Å². The van der Waals surface area contributed by atoms with E-state index in [4.69, 9.17) is 0 Å². The Labute approximate surface area is 120 Å². The van der Waals surface area contributed by atoms with Gasteiger partial charge >= 0.3 is 0 Å². The average molecular weight is 328 g/mol. The number of nitrogens with one attached hydrogen (secondary N) is 1. The summed E-state index contributed by atoms with van der Waals surface area (Å²) in [6.45, 7) is 6.12. The van der Waals surface area contributed by atoms with Crippen LogP contribution in [0.1, 0.15) is 24.4 Å². The molecule has 0 atom stereocenters. The number of hydrogen-bond acceptors (Lipinski definition) is 3. The van der Waals surface area contributed by atoms with Gasteiger partial charge in [-0.2, -0.15) is 0 Å². The van der Waals surface area contributed by atoms with Crippen LogP contribution in [0.2, 0.25) is 0 Å². The highest BCUT2D eigenvalue weighted by molar-refractivity contribution is 9.11. The molecule has 0 aromatic carbocycles. The first-order chi connectivity index (χ1) is 8.63. The van der Waals surface area contributed by atoms with E-state index in [1.165, 1.54) is 8.66 Å². The fourth-order valence-corrected chi connectivity index (χ4v) is 3.13. The number of rotatable bonds is 6. The van der Waals surface area contributed by atoms with E-state index in [1.807, 2.05) is 6.33 Å². The quantitative estimate of drug-likeness (QED) is 0.880. The molecule has 2 heterocycles. The molecule has 18 heavy (non-hydrogen) atoms. The Bertz CT molecular complexity index is 490. The zero-order valence-electron chi connectivity index (χ0n) is 10.7. The van der Waals surface area contributed by atoms with E-state index in [2.05, 4.69) is 63.0 Å². The normalized spacial score (nSPS) is 11.3. The van der Waals surface area contributed by atoms with E-state index in [0.717, 1.165) is 25.2 Å². The Morgan fingerprint density at radius 2 is 2.28 bits per heavy atom. The van der Waals surface area contributed by atoms with E-state index in [-0.39, 0.29) is 0 Å². The third-order valence-corrected chi connectivity index (χ3v) is 4.31. The van der Waals surface area contributed by atoms with Crippen molar-refractivity contribution in [2.75, 3.05) is 0 Å². The summed E-state index contributed by atoms with van der Waals surface area (Å²) in [4.78, 5) is 5.80. The molecule has 2 rings (SSSR count). The molecule has 2 aromatic heterocycles. The Hall–Kier alpha value is -0.650. The van der Waals surface area contributed by atoms with Gasteiger partial charge in [-0.25, -0.2) is 4.98 Å². The summed E-state index contributed by atoms with van der Waals surface area (Å²) < 4.78 is 3.36. The first kappa shape index (κ1) is 13.8. The fourth-order valence-electron chi connectivity index (χ4n) is 1.65. The van der Waals surface area contributed by atoms with Crippen LogP contribution < -0.4 is 5.32 Å². The second-order valence-electron chi connectivity index (χ2n) is 4.59. The van der Waals surface area contributed by atoms with Gasteiger partial charge in [0, 0.05) is 30.2 Å². The van der Waals surface area contributed by atoms with Crippen molar-refractivity contribution in [2.45, 2.75) is 39.4 Å². The highest BCUT2D eigenvalue weighted by atomic mass is 79.9. The first-order valence-corrected chi connectivity index (χ1v) is 7.72. The summed E-state index contributed by atoms with van der Waals surface area (Å²) in [6.07, 6.45) is 5.10. The highest BCUT2D eigenvalue weighted by Crippen LogP contribution is 2.22. The number of hydrogen-bond donors (Lipinski definition) is 1. The number of thiophene rings is 1. The minimum absolute atomic E-state index is 0.499. The molecule has 0 fully saturated rings. The summed E-state index contributed by atoms with van der Waals surface area (Å²) >= 11 is 5.29. The molecule has 0 radical (unpaired) electrons. The lowest BCUT2D eigenvalue weighted by Crippen LogP contribution is -2.21. The smallest absolute Gasteiger partial charge is 0.0950 e. The third-order valence-electron chi connectivity index (χ3n) is 2.62. The number of nitrogens with zero attached hydrogens (tertiary/aromatic N) is 2. The Morgan fingerprint density at radius 3 is 2.94 bits per heavy atom. The van der Waals surface area contributed by atoms with Crippen LogP contribution in [0.5, 0.6) is 0 Å². The zero-order chi connectivity index (χ0) is 13.0. The number of imidazole rings is 1. The summed E-state index contributed by atoms with van der Waals surface area (Å²) in [5.74, 6) is 0. The SMILES string of the molecule is CC(C)NCc1cn(CCc2ccc(Br)s2)cn1. The van der Waals surface area contributed by atoms with Gasteiger partial charge in [0.05, 0.1) is 15.8 Å². The lowest BCUT2D eigenvalue weighted by atomic mass is 10.3. The largest absolute Gasteiger partial charge is 0.337 e. The molecule has 0 spiro atoms. The average Bonchev–Trinajstić information content (AvgIpc) is 2.93. The monoisotopic (exact) mass is 327 g/mol. The molecule has 0 saturated heterocycles. The third kappa shape index (κ3) is 4.23. The Balaban J connectivity index is 1.83. The lowest BCUT2D eigenvalue weighted by molar-refractivity contribution is 0.582. The molecule has 5 heteroatoms. The van der Waals surface area contributed by atoms with Gasteiger partial charge < -0.3 is 9.88 Å². The summed E-state index contributed by atoms with van der Waals surface area (Å²) in [7, 11) is 0. The molecule has 2 aromatic rings. The molecule has 0 aliphatic heterocycles. The maximum Gasteiger partial charge on any atom is 0.0950 e. The van der Waals surface area contributed by atoms with E-state index in [0.29, 0.717) is 6.04 Å². The van der Waals surface area contributed by atoms with Gasteiger partial charge in [0.15, 0.2) is 0 Å². The summed E-state index contributed by atoms with van der Waals surface area (Å²) in [5, 5.41) is 3.37. The number of aromatic nitrogens is 2. The van der Waals surface area contributed by atoms with Gasteiger partial charge in [-0.3, -0.25) is 0 Å². The van der Waals surface area contributed by atoms with Crippen molar-refractivity contribution in [3.8, 4) is 0 Å². The second-order valence-corrected chi connectivity index (χ2v) is 7.14. The Morgan fingerprint density at radius 1 is 1.44 bits per heavy atom. The summed E-state index contributed by atoms with van der Waals surface area (Å²) in [5.41, 5.74) is 1.11. The van der Waals surface area contributed by atoms with Crippen molar-refractivity contribution in [2.24, 2.45) is 0 Å². The van der Waals surface area contributed by atoms with Crippen LogP contribution in [-0.4, -0.2) is 15.6 Å². The second kappa shape index (κ2) is 6.50. The number of halogens is 1. The minimum Gasteiger partial charge on any atom is -0.337 e. The molecule has 0 amide bonds. The zero-order valence-corrected chi connectivity index (χ0v) is 13.1. The molecule has 3 nitrogen and oxygen atoms in total. The van der Waals surface area contributed by atoms with Crippen molar-refractivity contribution in [1.82, 2.24) is 14.9 Å². The summed E-state index contributed by atoms with van der Waals surface area (Å²) in [6, 6.07) is 4.78. The highest BCUT2D eigenvalue weighted by Gasteiger charge is 2.02. The minimum atomic E-state index is 0.499.